The molecule has 1 rings (SSSR count). The van der Waals surface area contributed by atoms with Crippen molar-refractivity contribution in [1.82, 2.24) is 4.98 Å². The fourth-order valence-corrected chi connectivity index (χ4v) is 1.39. The standard InChI is InChI=1S/C12H20N2/c1-4-6-13-11-5-7-14-12(9-11)8-10(2)3/h5,7,9-10H,4,6,8H2,1-3H3,(H,13,14). The maximum Gasteiger partial charge on any atom is 0.0426 e. The average Bonchev–Trinajstić information content (AvgIpc) is 2.14. The minimum atomic E-state index is 0.670. The zero-order chi connectivity index (χ0) is 10.4. The lowest BCUT2D eigenvalue weighted by atomic mass is 10.1. The number of nitrogens with zero attached hydrogens (tertiary/aromatic N) is 1. The van der Waals surface area contributed by atoms with Gasteiger partial charge in [-0.15, -0.1) is 0 Å². The van der Waals surface area contributed by atoms with Crippen LogP contribution >= 0.6 is 0 Å². The molecule has 0 aliphatic rings. The summed E-state index contributed by atoms with van der Waals surface area (Å²) in [5.74, 6) is 0.670. The number of rotatable bonds is 5. The second-order valence-electron chi connectivity index (χ2n) is 4.06. The van der Waals surface area contributed by atoms with Crippen LogP contribution < -0.4 is 5.32 Å². The summed E-state index contributed by atoms with van der Waals surface area (Å²) in [6.45, 7) is 7.63. The summed E-state index contributed by atoms with van der Waals surface area (Å²) in [6, 6.07) is 4.18. The predicted molar refractivity (Wildman–Crippen MR) is 61.6 cm³/mol. The maximum absolute atomic E-state index is 4.35. The predicted octanol–water partition coefficient (Wildman–Crippen LogP) is 3.10. The first-order valence-electron chi connectivity index (χ1n) is 5.41. The molecule has 0 saturated heterocycles. The molecule has 1 heterocycles. The van der Waals surface area contributed by atoms with E-state index in [9.17, 15) is 0 Å². The highest BCUT2D eigenvalue weighted by Gasteiger charge is 1.99. The lowest BCUT2D eigenvalue weighted by Gasteiger charge is -2.07. The third kappa shape index (κ3) is 3.77. The van der Waals surface area contributed by atoms with Crippen molar-refractivity contribution in [1.29, 1.82) is 0 Å². The van der Waals surface area contributed by atoms with Crippen LogP contribution in [0.3, 0.4) is 0 Å². The van der Waals surface area contributed by atoms with Crippen molar-refractivity contribution in [2.45, 2.75) is 33.6 Å². The van der Waals surface area contributed by atoms with E-state index in [4.69, 9.17) is 0 Å². The quantitative estimate of drug-likeness (QED) is 0.775. The van der Waals surface area contributed by atoms with Crippen molar-refractivity contribution in [2.75, 3.05) is 11.9 Å². The molecule has 78 valence electrons. The van der Waals surface area contributed by atoms with Crippen LogP contribution in [0.25, 0.3) is 0 Å². The molecule has 1 aromatic heterocycles. The van der Waals surface area contributed by atoms with Gasteiger partial charge in [0, 0.05) is 24.1 Å². The Labute approximate surface area is 86.8 Å². The van der Waals surface area contributed by atoms with Crippen molar-refractivity contribution in [3.8, 4) is 0 Å². The van der Waals surface area contributed by atoms with Crippen molar-refractivity contribution >= 4 is 5.69 Å². The summed E-state index contributed by atoms with van der Waals surface area (Å²) in [4.78, 5) is 4.35. The van der Waals surface area contributed by atoms with Gasteiger partial charge in [-0.05, 0) is 30.9 Å². The molecule has 2 nitrogen and oxygen atoms in total. The van der Waals surface area contributed by atoms with Crippen molar-refractivity contribution in [3.05, 3.63) is 24.0 Å². The van der Waals surface area contributed by atoms with E-state index in [-0.39, 0.29) is 0 Å². The molecule has 0 unspecified atom stereocenters. The van der Waals surface area contributed by atoms with E-state index in [1.54, 1.807) is 0 Å². The van der Waals surface area contributed by atoms with Gasteiger partial charge in [0.2, 0.25) is 0 Å². The second-order valence-corrected chi connectivity index (χ2v) is 4.06. The van der Waals surface area contributed by atoms with E-state index in [0.29, 0.717) is 5.92 Å². The minimum Gasteiger partial charge on any atom is -0.385 e. The van der Waals surface area contributed by atoms with Gasteiger partial charge in [-0.1, -0.05) is 20.8 Å². The van der Waals surface area contributed by atoms with Crippen LogP contribution in [0.15, 0.2) is 18.3 Å². The maximum atomic E-state index is 4.35. The Bertz CT molecular complexity index is 269. The third-order valence-corrected chi connectivity index (χ3v) is 2.01. The van der Waals surface area contributed by atoms with Crippen molar-refractivity contribution in [2.24, 2.45) is 5.92 Å². The van der Waals surface area contributed by atoms with Crippen LogP contribution in [0.1, 0.15) is 32.9 Å². The Morgan fingerprint density at radius 2 is 2.21 bits per heavy atom. The zero-order valence-electron chi connectivity index (χ0n) is 9.38. The van der Waals surface area contributed by atoms with Crippen LogP contribution in [-0.4, -0.2) is 11.5 Å². The molecule has 0 amide bonds. The molecule has 0 saturated carbocycles. The van der Waals surface area contributed by atoms with Gasteiger partial charge in [-0.25, -0.2) is 0 Å². The molecule has 1 N–H and O–H groups in total. The molecule has 14 heavy (non-hydrogen) atoms. The molecule has 0 aliphatic carbocycles. The monoisotopic (exact) mass is 192 g/mol. The number of hydrogen-bond donors (Lipinski definition) is 1. The molecule has 2 heteroatoms. The molecule has 0 bridgehead atoms. The molecule has 0 aromatic carbocycles. The van der Waals surface area contributed by atoms with E-state index in [2.05, 4.69) is 37.1 Å². The third-order valence-electron chi connectivity index (χ3n) is 2.01. The van der Waals surface area contributed by atoms with Gasteiger partial charge in [-0.3, -0.25) is 4.98 Å². The highest BCUT2D eigenvalue weighted by atomic mass is 14.9. The summed E-state index contributed by atoms with van der Waals surface area (Å²) in [5.41, 5.74) is 2.37. The summed E-state index contributed by atoms with van der Waals surface area (Å²) < 4.78 is 0. The normalized spacial score (nSPS) is 10.6. The number of aromatic nitrogens is 1. The largest absolute Gasteiger partial charge is 0.385 e. The summed E-state index contributed by atoms with van der Waals surface area (Å²) >= 11 is 0. The number of pyridine rings is 1. The van der Waals surface area contributed by atoms with Crippen LogP contribution in [0.5, 0.6) is 0 Å². The fraction of sp³-hybridized carbons (Fsp3) is 0.583. The molecule has 0 fully saturated rings. The first-order chi connectivity index (χ1) is 6.72. The van der Waals surface area contributed by atoms with Gasteiger partial charge >= 0.3 is 0 Å². The van der Waals surface area contributed by atoms with E-state index in [1.807, 2.05) is 12.3 Å². The van der Waals surface area contributed by atoms with Crippen molar-refractivity contribution < 1.29 is 0 Å². The molecule has 0 aliphatic heterocycles. The Balaban J connectivity index is 2.59. The molecule has 0 atom stereocenters. The first kappa shape index (κ1) is 11.0. The number of anilines is 1. The summed E-state index contributed by atoms with van der Waals surface area (Å²) in [6.07, 6.45) is 4.10. The van der Waals surface area contributed by atoms with E-state index >= 15 is 0 Å². The van der Waals surface area contributed by atoms with E-state index < -0.39 is 0 Å². The zero-order valence-corrected chi connectivity index (χ0v) is 9.38. The Morgan fingerprint density at radius 1 is 1.43 bits per heavy atom. The van der Waals surface area contributed by atoms with Crippen molar-refractivity contribution in [3.63, 3.8) is 0 Å². The van der Waals surface area contributed by atoms with Gasteiger partial charge in [0.05, 0.1) is 0 Å². The highest BCUT2D eigenvalue weighted by molar-refractivity contribution is 5.43. The number of hydrogen-bond acceptors (Lipinski definition) is 2. The fourth-order valence-electron chi connectivity index (χ4n) is 1.39. The lowest BCUT2D eigenvalue weighted by Crippen LogP contribution is -2.02. The van der Waals surface area contributed by atoms with Crippen LogP contribution in [0.2, 0.25) is 0 Å². The minimum absolute atomic E-state index is 0.670. The Morgan fingerprint density at radius 3 is 2.86 bits per heavy atom. The van der Waals surface area contributed by atoms with Crippen LogP contribution in [0.4, 0.5) is 5.69 Å². The van der Waals surface area contributed by atoms with E-state index in [0.717, 1.165) is 19.4 Å². The van der Waals surface area contributed by atoms with Gasteiger partial charge in [0.25, 0.3) is 0 Å². The topological polar surface area (TPSA) is 24.9 Å². The summed E-state index contributed by atoms with van der Waals surface area (Å²) in [5, 5.41) is 3.37. The van der Waals surface area contributed by atoms with Gasteiger partial charge in [-0.2, -0.15) is 0 Å². The van der Waals surface area contributed by atoms with Crippen LogP contribution in [-0.2, 0) is 6.42 Å². The first-order valence-corrected chi connectivity index (χ1v) is 5.41. The number of nitrogens with one attached hydrogen (secondary N) is 1. The molecular weight excluding hydrogens is 172 g/mol. The van der Waals surface area contributed by atoms with Crippen LogP contribution in [0, 0.1) is 5.92 Å². The Kier molecular flexibility index (Phi) is 4.44. The second kappa shape index (κ2) is 5.63. The molecular formula is C12H20N2. The SMILES string of the molecule is CCCNc1ccnc(CC(C)C)c1. The van der Waals surface area contributed by atoms with E-state index in [1.165, 1.54) is 11.4 Å². The average molecular weight is 192 g/mol. The molecule has 0 radical (unpaired) electrons. The van der Waals surface area contributed by atoms with Gasteiger partial charge in [0.15, 0.2) is 0 Å². The summed E-state index contributed by atoms with van der Waals surface area (Å²) in [7, 11) is 0. The Hall–Kier alpha value is -1.05. The van der Waals surface area contributed by atoms with Gasteiger partial charge in [0.1, 0.15) is 0 Å². The van der Waals surface area contributed by atoms with Gasteiger partial charge < -0.3 is 5.32 Å². The smallest absolute Gasteiger partial charge is 0.0426 e. The highest BCUT2D eigenvalue weighted by Crippen LogP contribution is 2.11. The molecule has 0 spiro atoms. The molecule has 1 aromatic rings. The lowest BCUT2D eigenvalue weighted by molar-refractivity contribution is 0.635.